The molecule has 0 aliphatic heterocycles. The summed E-state index contributed by atoms with van der Waals surface area (Å²) >= 11 is 0. The maximum absolute atomic E-state index is 13.7. The fourth-order valence-corrected chi connectivity index (χ4v) is 6.60. The van der Waals surface area contributed by atoms with Gasteiger partial charge >= 0.3 is 17.2 Å². The predicted molar refractivity (Wildman–Crippen MR) is 197 cm³/mol. The Morgan fingerprint density at radius 3 is 0.979 bits per heavy atom. The van der Waals surface area contributed by atoms with Crippen LogP contribution in [0.4, 0.5) is 0 Å². The van der Waals surface area contributed by atoms with E-state index in [9.17, 15) is 20.4 Å². The van der Waals surface area contributed by atoms with Crippen LogP contribution in [0.2, 0.25) is 0 Å². The Balaban J connectivity index is 0.00000148. The molecule has 0 atom stereocenters. The SMILES string of the molecule is CCc1cc(C(C)(C)C)cc(C(C)(C)C)c1C(O)(c1c(CC)cc(C(C)(C)C)cc1C(C)(C)C)C(CO)(CO)CO.OP(O)OP(O)O. The molecule has 0 saturated carbocycles. The summed E-state index contributed by atoms with van der Waals surface area (Å²) < 4.78 is 3.60. The molecule has 0 unspecified atom stereocenters. The van der Waals surface area contributed by atoms with Crippen LogP contribution in [0.1, 0.15) is 141 Å². The van der Waals surface area contributed by atoms with E-state index < -0.39 is 48.0 Å². The average molecular weight is 715 g/mol. The van der Waals surface area contributed by atoms with E-state index in [2.05, 4.69) is 126 Å². The second-order valence-electron chi connectivity index (χ2n) is 16.9. The van der Waals surface area contributed by atoms with Gasteiger partial charge < -0.3 is 40.0 Å². The fraction of sp³-hybridized carbons (Fsp3) is 0.676. The molecule has 0 saturated heterocycles. The Labute approximate surface area is 292 Å². The van der Waals surface area contributed by atoms with Crippen LogP contribution in [0, 0.1) is 5.41 Å². The summed E-state index contributed by atoms with van der Waals surface area (Å²) in [6, 6.07) is 8.75. The fourth-order valence-electron chi connectivity index (χ4n) is 6.08. The molecule has 48 heavy (non-hydrogen) atoms. The second kappa shape index (κ2) is 16.5. The van der Waals surface area contributed by atoms with Crippen molar-refractivity contribution in [1.82, 2.24) is 0 Å². The Bertz CT molecular complexity index is 1240. The minimum atomic E-state index is -2.61. The molecule has 0 spiro atoms. The monoisotopic (exact) mass is 714 g/mol. The Morgan fingerprint density at radius 2 is 0.812 bits per heavy atom. The first-order valence-corrected chi connectivity index (χ1v) is 18.9. The highest BCUT2D eigenvalue weighted by Crippen LogP contribution is 2.54. The molecule has 0 bridgehead atoms. The van der Waals surface area contributed by atoms with E-state index >= 15 is 0 Å². The Morgan fingerprint density at radius 1 is 0.521 bits per heavy atom. The lowest BCUT2D eigenvalue weighted by atomic mass is 9.58. The quantitative estimate of drug-likeness (QED) is 0.126. The van der Waals surface area contributed by atoms with Crippen LogP contribution in [-0.2, 0) is 44.4 Å². The van der Waals surface area contributed by atoms with E-state index in [0.29, 0.717) is 24.0 Å². The van der Waals surface area contributed by atoms with Gasteiger partial charge in [-0.05, 0) is 79.0 Å². The summed E-state index contributed by atoms with van der Waals surface area (Å²) in [5, 5.41) is 46.8. The lowest BCUT2D eigenvalue weighted by Crippen LogP contribution is -2.56. The van der Waals surface area contributed by atoms with Gasteiger partial charge in [-0.1, -0.05) is 121 Å². The van der Waals surface area contributed by atoms with E-state index in [1.54, 1.807) is 0 Å². The lowest BCUT2D eigenvalue weighted by molar-refractivity contribution is -0.138. The van der Waals surface area contributed by atoms with Gasteiger partial charge in [0, 0.05) is 0 Å². The highest BCUT2D eigenvalue weighted by atomic mass is 31.2. The molecule has 0 aliphatic rings. The maximum Gasteiger partial charge on any atom is 0.334 e. The topological polar surface area (TPSA) is 171 Å². The van der Waals surface area contributed by atoms with Crippen LogP contribution in [0.15, 0.2) is 24.3 Å². The van der Waals surface area contributed by atoms with Crippen molar-refractivity contribution in [2.45, 2.75) is 137 Å². The van der Waals surface area contributed by atoms with E-state index in [1.165, 1.54) is 11.1 Å². The highest BCUT2D eigenvalue weighted by Gasteiger charge is 2.56. The van der Waals surface area contributed by atoms with Crippen LogP contribution < -0.4 is 0 Å². The van der Waals surface area contributed by atoms with Gasteiger partial charge in [-0.3, -0.25) is 0 Å². The molecule has 8 N–H and O–H groups in total. The van der Waals surface area contributed by atoms with Crippen LogP contribution in [0.25, 0.3) is 0 Å². The summed E-state index contributed by atoms with van der Waals surface area (Å²) in [5.41, 5.74) is 3.06. The molecule has 2 aromatic rings. The van der Waals surface area contributed by atoms with Crippen molar-refractivity contribution in [3.63, 3.8) is 0 Å². The van der Waals surface area contributed by atoms with Crippen molar-refractivity contribution in [1.29, 1.82) is 0 Å². The van der Waals surface area contributed by atoms with Crippen LogP contribution in [-0.4, -0.2) is 59.8 Å². The number of aryl methyl sites for hydroxylation is 2. The summed E-state index contributed by atoms with van der Waals surface area (Å²) in [6.45, 7) is 28.4. The van der Waals surface area contributed by atoms with Gasteiger partial charge in [-0.25, -0.2) is 4.31 Å². The van der Waals surface area contributed by atoms with Gasteiger partial charge in [-0.15, -0.1) is 0 Å². The predicted octanol–water partition coefficient (Wildman–Crippen LogP) is 6.63. The zero-order valence-corrected chi connectivity index (χ0v) is 33.5. The first-order valence-electron chi connectivity index (χ1n) is 16.6. The number of hydrogen-bond donors (Lipinski definition) is 8. The molecular formula is C37H64O9P2. The lowest BCUT2D eigenvalue weighted by Gasteiger charge is -2.50. The van der Waals surface area contributed by atoms with Gasteiger partial charge in [0.05, 0.1) is 25.2 Å². The molecule has 9 nitrogen and oxygen atoms in total. The van der Waals surface area contributed by atoms with Crippen LogP contribution >= 0.6 is 17.2 Å². The maximum atomic E-state index is 13.7. The highest BCUT2D eigenvalue weighted by molar-refractivity contribution is 7.53. The molecule has 0 amide bonds. The van der Waals surface area contributed by atoms with Crippen molar-refractivity contribution < 1.29 is 44.3 Å². The number of benzene rings is 2. The van der Waals surface area contributed by atoms with E-state index in [4.69, 9.17) is 19.6 Å². The van der Waals surface area contributed by atoms with Crippen molar-refractivity contribution >= 4 is 17.2 Å². The first kappa shape index (κ1) is 45.0. The van der Waals surface area contributed by atoms with Gasteiger partial charge in [-0.2, -0.15) is 0 Å². The van der Waals surface area contributed by atoms with Gasteiger partial charge in [0.2, 0.25) is 0 Å². The summed E-state index contributed by atoms with van der Waals surface area (Å²) in [5.74, 6) is 0. The Kier molecular flexibility index (Phi) is 15.5. The molecule has 0 heterocycles. The molecule has 0 fully saturated rings. The van der Waals surface area contributed by atoms with Crippen molar-refractivity contribution in [2.24, 2.45) is 5.41 Å². The standard InChI is InChI=1S/C37H60O4.H4O5P2/c1-15-24-17-26(32(3,4)5)19-28(34(9,10)11)30(24)37(41,36(21-38,22-39)23-40)31-25(16-2)18-27(33(6,7)8)20-29(31)35(12,13)14;1-6(2)5-7(3)4/h17-20,38-41H,15-16,21-23H2,1-14H3;1-4H. The molecule has 2 aromatic carbocycles. The second-order valence-corrected chi connectivity index (χ2v) is 18.5. The third-order valence-electron chi connectivity index (χ3n) is 9.10. The molecular weight excluding hydrogens is 650 g/mol. The number of rotatable bonds is 10. The molecule has 0 aromatic heterocycles. The largest absolute Gasteiger partial charge is 0.395 e. The smallest absolute Gasteiger partial charge is 0.334 e. The minimum absolute atomic E-state index is 0.123. The number of hydrogen-bond acceptors (Lipinski definition) is 9. The molecule has 0 aliphatic carbocycles. The minimum Gasteiger partial charge on any atom is -0.395 e. The summed E-state index contributed by atoms with van der Waals surface area (Å²) in [4.78, 5) is 31.3. The van der Waals surface area contributed by atoms with Gasteiger partial charge in [0.25, 0.3) is 0 Å². The van der Waals surface area contributed by atoms with Crippen molar-refractivity contribution in [3.8, 4) is 0 Å². The Hall–Kier alpha value is -1.06. The van der Waals surface area contributed by atoms with Crippen molar-refractivity contribution in [2.75, 3.05) is 19.8 Å². The van der Waals surface area contributed by atoms with Crippen molar-refractivity contribution in [3.05, 3.63) is 68.8 Å². The zero-order chi connectivity index (χ0) is 37.8. The normalized spacial score (nSPS) is 13.7. The molecule has 276 valence electrons. The summed E-state index contributed by atoms with van der Waals surface area (Å²) in [6.07, 6.45) is 1.30. The van der Waals surface area contributed by atoms with Crippen LogP contribution in [0.3, 0.4) is 0 Å². The van der Waals surface area contributed by atoms with Gasteiger partial charge in [0.1, 0.15) is 5.60 Å². The first-order chi connectivity index (χ1) is 21.6. The third kappa shape index (κ3) is 10.0. The number of aliphatic hydroxyl groups excluding tert-OH is 3. The number of aliphatic hydroxyl groups is 4. The molecule has 11 heteroatoms. The average Bonchev–Trinajstić information content (AvgIpc) is 2.94. The molecule has 0 radical (unpaired) electrons. The van der Waals surface area contributed by atoms with Crippen LogP contribution in [0.5, 0.6) is 0 Å². The molecule has 2 rings (SSSR count). The van der Waals surface area contributed by atoms with E-state index in [1.807, 2.05) is 0 Å². The third-order valence-corrected chi connectivity index (χ3v) is 10.3. The summed E-state index contributed by atoms with van der Waals surface area (Å²) in [7, 11) is -5.22. The van der Waals surface area contributed by atoms with E-state index in [0.717, 1.165) is 22.3 Å². The zero-order valence-electron chi connectivity index (χ0n) is 31.7. The van der Waals surface area contributed by atoms with Gasteiger partial charge in [0.15, 0.2) is 0 Å². The van der Waals surface area contributed by atoms with E-state index in [-0.39, 0.29) is 21.7 Å².